The molecule has 27 heavy (non-hydrogen) atoms. The third-order valence-electron chi connectivity index (χ3n) is 5.08. The van der Waals surface area contributed by atoms with Gasteiger partial charge in [-0.1, -0.05) is 19.1 Å². The molecular formula is C22H23FN2O2. The fraction of sp³-hybridized carbons (Fsp3) is 0.318. The number of rotatable bonds is 5. The number of halogens is 1. The van der Waals surface area contributed by atoms with Gasteiger partial charge >= 0.3 is 0 Å². The van der Waals surface area contributed by atoms with Gasteiger partial charge in [0, 0.05) is 36.7 Å². The van der Waals surface area contributed by atoms with Gasteiger partial charge in [-0.05, 0) is 54.3 Å². The largest absolute Gasteiger partial charge is 0.484 e. The zero-order valence-corrected chi connectivity index (χ0v) is 15.5. The number of ether oxygens (including phenoxy) is 1. The molecule has 1 aliphatic heterocycles. The summed E-state index contributed by atoms with van der Waals surface area (Å²) in [6.45, 7) is 4.41. The van der Waals surface area contributed by atoms with Crippen LogP contribution in [-0.4, -0.2) is 28.5 Å². The van der Waals surface area contributed by atoms with Crippen molar-refractivity contribution in [2.75, 3.05) is 13.2 Å². The van der Waals surface area contributed by atoms with Crippen LogP contribution < -0.4 is 4.74 Å². The zero-order chi connectivity index (χ0) is 18.8. The molecule has 0 spiro atoms. The topological polar surface area (TPSA) is 34.5 Å². The van der Waals surface area contributed by atoms with E-state index in [9.17, 15) is 9.18 Å². The van der Waals surface area contributed by atoms with Crippen LogP contribution in [0.3, 0.4) is 0 Å². The minimum absolute atomic E-state index is 0.0400. The number of aromatic nitrogens is 1. The standard InChI is InChI=1S/C22H23FN2O2/c1-2-11-24-13-17-10-12-25(14-16-4-3-5-20(24)22(16)17)21(26)15-27-19-8-6-18(23)7-9-19/h3-9,13H,2,10-12,14-15H2,1H3. The van der Waals surface area contributed by atoms with E-state index in [2.05, 4.69) is 35.9 Å². The van der Waals surface area contributed by atoms with Crippen LogP contribution in [0.1, 0.15) is 24.5 Å². The van der Waals surface area contributed by atoms with Gasteiger partial charge in [0.2, 0.25) is 0 Å². The highest BCUT2D eigenvalue weighted by molar-refractivity contribution is 5.88. The van der Waals surface area contributed by atoms with Gasteiger partial charge in [0.25, 0.3) is 5.91 Å². The summed E-state index contributed by atoms with van der Waals surface area (Å²) < 4.78 is 20.8. The van der Waals surface area contributed by atoms with E-state index in [1.54, 1.807) is 0 Å². The lowest BCUT2D eigenvalue weighted by molar-refractivity contribution is -0.133. The second-order valence-electron chi connectivity index (χ2n) is 6.97. The van der Waals surface area contributed by atoms with E-state index in [0.717, 1.165) is 19.4 Å². The maximum absolute atomic E-state index is 13.0. The van der Waals surface area contributed by atoms with Crippen molar-refractivity contribution < 1.29 is 13.9 Å². The maximum atomic E-state index is 13.0. The van der Waals surface area contributed by atoms with E-state index in [0.29, 0.717) is 18.8 Å². The lowest BCUT2D eigenvalue weighted by atomic mass is 10.1. The van der Waals surface area contributed by atoms with E-state index in [4.69, 9.17) is 4.74 Å². The summed E-state index contributed by atoms with van der Waals surface area (Å²) in [4.78, 5) is 14.5. The normalized spacial score (nSPS) is 13.6. The van der Waals surface area contributed by atoms with E-state index >= 15 is 0 Å². The highest BCUT2D eigenvalue weighted by Crippen LogP contribution is 2.29. The monoisotopic (exact) mass is 366 g/mol. The van der Waals surface area contributed by atoms with Crippen LogP contribution >= 0.6 is 0 Å². The highest BCUT2D eigenvalue weighted by Gasteiger charge is 2.22. The van der Waals surface area contributed by atoms with Gasteiger partial charge in [-0.25, -0.2) is 4.39 Å². The van der Waals surface area contributed by atoms with E-state index in [1.165, 1.54) is 46.3 Å². The van der Waals surface area contributed by atoms with Gasteiger partial charge in [-0.15, -0.1) is 0 Å². The van der Waals surface area contributed by atoms with E-state index in [-0.39, 0.29) is 18.3 Å². The molecule has 2 aromatic carbocycles. The molecule has 0 fully saturated rings. The molecular weight excluding hydrogens is 343 g/mol. The number of carbonyl (C=O) groups is 1. The summed E-state index contributed by atoms with van der Waals surface area (Å²) in [5, 5.41) is 1.29. The van der Waals surface area contributed by atoms with Crippen LogP contribution in [-0.2, 0) is 24.3 Å². The van der Waals surface area contributed by atoms with Crippen LogP contribution in [0.4, 0.5) is 4.39 Å². The van der Waals surface area contributed by atoms with Crippen molar-refractivity contribution in [3.63, 3.8) is 0 Å². The average Bonchev–Trinajstić information content (AvgIpc) is 2.91. The van der Waals surface area contributed by atoms with Gasteiger partial charge in [-0.2, -0.15) is 0 Å². The lowest BCUT2D eigenvalue weighted by Crippen LogP contribution is -2.35. The molecule has 1 aliphatic rings. The summed E-state index contributed by atoms with van der Waals surface area (Å²) in [7, 11) is 0. The van der Waals surface area contributed by atoms with Crippen molar-refractivity contribution in [2.24, 2.45) is 0 Å². The van der Waals surface area contributed by atoms with E-state index in [1.807, 2.05) is 4.90 Å². The first-order valence-electron chi connectivity index (χ1n) is 9.41. The third kappa shape index (κ3) is 3.54. The van der Waals surface area contributed by atoms with Crippen molar-refractivity contribution in [1.82, 2.24) is 9.47 Å². The lowest BCUT2D eigenvalue weighted by Gasteiger charge is -2.21. The molecule has 5 heteroatoms. The number of aryl methyl sites for hydroxylation is 1. The van der Waals surface area contributed by atoms with Gasteiger partial charge in [0.05, 0.1) is 0 Å². The molecule has 4 nitrogen and oxygen atoms in total. The first-order valence-corrected chi connectivity index (χ1v) is 9.41. The molecule has 0 aliphatic carbocycles. The van der Waals surface area contributed by atoms with Crippen molar-refractivity contribution in [1.29, 1.82) is 0 Å². The Kier molecular flexibility index (Phi) is 4.84. The maximum Gasteiger partial charge on any atom is 0.260 e. The van der Waals surface area contributed by atoms with Gasteiger partial charge in [-0.3, -0.25) is 4.79 Å². The number of hydrogen-bond acceptors (Lipinski definition) is 2. The summed E-state index contributed by atoms with van der Waals surface area (Å²) in [6.07, 6.45) is 4.17. The fourth-order valence-electron chi connectivity index (χ4n) is 3.79. The minimum Gasteiger partial charge on any atom is -0.484 e. The molecule has 140 valence electrons. The number of nitrogens with zero attached hydrogens (tertiary/aromatic N) is 2. The van der Waals surface area contributed by atoms with Crippen LogP contribution in [0, 0.1) is 5.82 Å². The molecule has 2 heterocycles. The molecule has 0 radical (unpaired) electrons. The molecule has 0 unspecified atom stereocenters. The SMILES string of the molecule is CCCn1cc2c3c(cccc31)CN(C(=O)COc1ccc(F)cc1)CC2. The molecule has 0 saturated carbocycles. The number of hydrogen-bond donors (Lipinski definition) is 0. The molecule has 0 N–H and O–H groups in total. The van der Waals surface area contributed by atoms with Crippen molar-refractivity contribution >= 4 is 16.8 Å². The Bertz CT molecular complexity index is 962. The second-order valence-corrected chi connectivity index (χ2v) is 6.97. The Morgan fingerprint density at radius 1 is 1.15 bits per heavy atom. The van der Waals surface area contributed by atoms with Crippen LogP contribution in [0.5, 0.6) is 5.75 Å². The van der Waals surface area contributed by atoms with Crippen LogP contribution in [0.15, 0.2) is 48.7 Å². The Hall–Kier alpha value is -2.82. The predicted molar refractivity (Wildman–Crippen MR) is 103 cm³/mol. The van der Waals surface area contributed by atoms with Crippen LogP contribution in [0.25, 0.3) is 10.9 Å². The fourth-order valence-corrected chi connectivity index (χ4v) is 3.79. The van der Waals surface area contributed by atoms with E-state index < -0.39 is 0 Å². The van der Waals surface area contributed by atoms with Crippen molar-refractivity contribution in [3.8, 4) is 5.75 Å². The second kappa shape index (κ2) is 7.43. The van der Waals surface area contributed by atoms with Crippen LogP contribution in [0.2, 0.25) is 0 Å². The summed E-state index contributed by atoms with van der Waals surface area (Å²) >= 11 is 0. The highest BCUT2D eigenvalue weighted by atomic mass is 19.1. The Morgan fingerprint density at radius 3 is 2.74 bits per heavy atom. The third-order valence-corrected chi connectivity index (χ3v) is 5.08. The quantitative estimate of drug-likeness (QED) is 0.680. The minimum atomic E-state index is -0.320. The number of carbonyl (C=O) groups excluding carboxylic acids is 1. The summed E-state index contributed by atoms with van der Waals surface area (Å²) in [5.74, 6) is 0.126. The summed E-state index contributed by atoms with van der Waals surface area (Å²) in [5.41, 5.74) is 3.75. The molecule has 1 aromatic heterocycles. The first kappa shape index (κ1) is 17.6. The molecule has 0 bridgehead atoms. The Balaban J connectivity index is 1.50. The number of benzene rings is 2. The number of amides is 1. The van der Waals surface area contributed by atoms with Gasteiger partial charge < -0.3 is 14.2 Å². The molecule has 0 atom stereocenters. The molecule has 0 saturated heterocycles. The van der Waals surface area contributed by atoms with Crippen molar-refractivity contribution in [3.05, 3.63) is 65.6 Å². The Morgan fingerprint density at radius 2 is 1.96 bits per heavy atom. The molecule has 4 rings (SSSR count). The average molecular weight is 366 g/mol. The molecule has 1 amide bonds. The van der Waals surface area contributed by atoms with Gasteiger partial charge in [0.1, 0.15) is 11.6 Å². The zero-order valence-electron chi connectivity index (χ0n) is 15.5. The predicted octanol–water partition coefficient (Wildman–Crippen LogP) is 4.15. The van der Waals surface area contributed by atoms with Gasteiger partial charge in [0.15, 0.2) is 6.61 Å². The molecule has 3 aromatic rings. The Labute approximate surface area is 158 Å². The first-order chi connectivity index (χ1) is 13.2. The van der Waals surface area contributed by atoms with Crippen molar-refractivity contribution in [2.45, 2.75) is 32.9 Å². The smallest absolute Gasteiger partial charge is 0.260 e. The summed E-state index contributed by atoms with van der Waals surface area (Å²) in [6, 6.07) is 12.1.